The van der Waals surface area contributed by atoms with E-state index in [0.717, 1.165) is 19.4 Å². The van der Waals surface area contributed by atoms with Crippen LogP contribution in [-0.4, -0.2) is 39.8 Å². The number of nitriles is 1. The van der Waals surface area contributed by atoms with Crippen LogP contribution < -0.4 is 10.2 Å². The second-order valence-corrected chi connectivity index (χ2v) is 5.72. The zero-order valence-corrected chi connectivity index (χ0v) is 13.0. The highest BCUT2D eigenvalue weighted by Crippen LogP contribution is 2.24. The van der Waals surface area contributed by atoms with Crippen LogP contribution in [0, 0.1) is 17.1 Å². The van der Waals surface area contributed by atoms with Gasteiger partial charge < -0.3 is 10.2 Å². The molecule has 1 fully saturated rings. The predicted octanol–water partition coefficient (Wildman–Crippen LogP) is 1.07. The Morgan fingerprint density at radius 1 is 1.50 bits per heavy atom. The summed E-state index contributed by atoms with van der Waals surface area (Å²) in [6.45, 7) is 1.37. The molecule has 1 saturated heterocycles. The molecule has 0 spiro atoms. The molecular weight excluding hydrogens is 311 g/mol. The molecule has 0 saturated carbocycles. The zero-order chi connectivity index (χ0) is 16.9. The Bertz CT molecular complexity index is 754. The van der Waals surface area contributed by atoms with Gasteiger partial charge in [-0.05, 0) is 31.0 Å². The number of carbonyl (C=O) groups excluding carboxylic acids is 1. The number of nitrogens with zero attached hydrogens (tertiary/aromatic N) is 5. The molecule has 8 heteroatoms. The monoisotopic (exact) mass is 328 g/mol. The highest BCUT2D eigenvalue weighted by Gasteiger charge is 2.23. The van der Waals surface area contributed by atoms with Crippen molar-refractivity contribution in [2.45, 2.75) is 25.4 Å². The largest absolute Gasteiger partial charge is 0.367 e. The van der Waals surface area contributed by atoms with Gasteiger partial charge in [0.05, 0.1) is 17.3 Å². The molecule has 1 aromatic heterocycles. The minimum atomic E-state index is -0.413. The summed E-state index contributed by atoms with van der Waals surface area (Å²) in [4.78, 5) is 17.7. The number of nitrogens with one attached hydrogen (secondary N) is 1. The zero-order valence-electron chi connectivity index (χ0n) is 13.0. The third-order valence-electron chi connectivity index (χ3n) is 3.98. The van der Waals surface area contributed by atoms with Crippen molar-refractivity contribution in [1.29, 1.82) is 5.26 Å². The molecule has 3 rings (SSSR count). The van der Waals surface area contributed by atoms with Gasteiger partial charge >= 0.3 is 0 Å². The maximum absolute atomic E-state index is 14.2. The number of carbonyl (C=O) groups is 1. The van der Waals surface area contributed by atoms with E-state index in [0.29, 0.717) is 17.8 Å². The van der Waals surface area contributed by atoms with E-state index in [1.807, 2.05) is 11.0 Å². The number of rotatable bonds is 4. The van der Waals surface area contributed by atoms with E-state index in [2.05, 4.69) is 15.4 Å². The second-order valence-electron chi connectivity index (χ2n) is 5.72. The van der Waals surface area contributed by atoms with E-state index < -0.39 is 5.82 Å². The molecule has 0 unspecified atom stereocenters. The summed E-state index contributed by atoms with van der Waals surface area (Å²) in [7, 11) is 0. The van der Waals surface area contributed by atoms with E-state index in [1.165, 1.54) is 23.4 Å². The lowest BCUT2D eigenvalue weighted by atomic mass is 10.0. The van der Waals surface area contributed by atoms with Gasteiger partial charge in [-0.1, -0.05) is 0 Å². The Morgan fingerprint density at radius 2 is 2.38 bits per heavy atom. The number of hydrogen-bond donors (Lipinski definition) is 1. The lowest BCUT2D eigenvalue weighted by Gasteiger charge is -2.35. The molecule has 1 N–H and O–H groups in total. The van der Waals surface area contributed by atoms with Crippen molar-refractivity contribution in [3.05, 3.63) is 42.2 Å². The summed E-state index contributed by atoms with van der Waals surface area (Å²) < 4.78 is 15.6. The van der Waals surface area contributed by atoms with E-state index in [1.54, 1.807) is 12.1 Å². The predicted molar refractivity (Wildman–Crippen MR) is 84.5 cm³/mol. The lowest BCUT2D eigenvalue weighted by molar-refractivity contribution is -0.122. The number of benzene rings is 1. The van der Waals surface area contributed by atoms with Gasteiger partial charge in [-0.25, -0.2) is 14.1 Å². The average molecular weight is 328 g/mol. The Labute approximate surface area is 138 Å². The van der Waals surface area contributed by atoms with E-state index in [4.69, 9.17) is 5.26 Å². The number of halogens is 1. The van der Waals surface area contributed by atoms with Crippen molar-refractivity contribution in [1.82, 2.24) is 20.1 Å². The van der Waals surface area contributed by atoms with Crippen LogP contribution in [0.15, 0.2) is 30.9 Å². The lowest BCUT2D eigenvalue weighted by Crippen LogP contribution is -2.48. The third-order valence-corrected chi connectivity index (χ3v) is 3.98. The fourth-order valence-electron chi connectivity index (χ4n) is 2.88. The summed E-state index contributed by atoms with van der Waals surface area (Å²) >= 11 is 0. The second kappa shape index (κ2) is 7.08. The van der Waals surface area contributed by atoms with Crippen LogP contribution in [0.1, 0.15) is 18.4 Å². The van der Waals surface area contributed by atoms with E-state index in [-0.39, 0.29) is 18.5 Å². The van der Waals surface area contributed by atoms with Crippen LogP contribution in [0.25, 0.3) is 0 Å². The summed E-state index contributed by atoms with van der Waals surface area (Å²) in [6.07, 6.45) is 4.56. The minimum absolute atomic E-state index is 0.0511. The van der Waals surface area contributed by atoms with E-state index >= 15 is 0 Å². The summed E-state index contributed by atoms with van der Waals surface area (Å²) in [6, 6.07) is 6.33. The van der Waals surface area contributed by atoms with Crippen LogP contribution in [0.5, 0.6) is 0 Å². The molecule has 0 radical (unpaired) electrons. The van der Waals surface area contributed by atoms with Crippen LogP contribution >= 0.6 is 0 Å². The first-order chi connectivity index (χ1) is 11.7. The van der Waals surface area contributed by atoms with Crippen LogP contribution in [0.4, 0.5) is 10.1 Å². The average Bonchev–Trinajstić information content (AvgIpc) is 3.07. The molecule has 1 aromatic carbocycles. The number of anilines is 1. The molecular formula is C16H17FN6O. The number of hydrogen-bond acceptors (Lipinski definition) is 5. The standard InChI is InChI=1S/C16H17FN6O/c17-14-6-12(7-18)3-4-15(14)22-5-1-2-13(8-22)21-16(24)9-23-11-19-10-20-23/h3-4,6,10-11,13H,1-2,5,8-9H2,(H,21,24)/t13-/m0/s1. The number of piperidine rings is 1. The van der Waals surface area contributed by atoms with Gasteiger partial charge in [-0.15, -0.1) is 0 Å². The molecule has 1 amide bonds. The molecule has 2 heterocycles. The smallest absolute Gasteiger partial charge is 0.242 e. The molecule has 1 aliphatic heterocycles. The molecule has 24 heavy (non-hydrogen) atoms. The molecule has 1 atom stereocenters. The fraction of sp³-hybridized carbons (Fsp3) is 0.375. The topological polar surface area (TPSA) is 86.8 Å². The summed E-state index contributed by atoms with van der Waals surface area (Å²) in [5.41, 5.74) is 0.759. The first-order valence-corrected chi connectivity index (χ1v) is 7.72. The van der Waals surface area contributed by atoms with Gasteiger partial charge in [0.2, 0.25) is 5.91 Å². The molecule has 7 nitrogen and oxygen atoms in total. The molecule has 0 aliphatic carbocycles. The van der Waals surface area contributed by atoms with Crippen molar-refractivity contribution in [3.63, 3.8) is 0 Å². The van der Waals surface area contributed by atoms with Crippen molar-refractivity contribution in [3.8, 4) is 6.07 Å². The highest BCUT2D eigenvalue weighted by molar-refractivity contribution is 5.76. The van der Waals surface area contributed by atoms with Crippen LogP contribution in [0.2, 0.25) is 0 Å². The normalized spacial score (nSPS) is 17.3. The van der Waals surface area contributed by atoms with Crippen LogP contribution in [0.3, 0.4) is 0 Å². The first kappa shape index (κ1) is 15.9. The minimum Gasteiger partial charge on any atom is -0.367 e. The van der Waals surface area contributed by atoms with Gasteiger partial charge in [0, 0.05) is 19.1 Å². The number of aromatic nitrogens is 3. The Kier molecular flexibility index (Phi) is 4.70. The van der Waals surface area contributed by atoms with Gasteiger partial charge in [0.25, 0.3) is 0 Å². The molecule has 2 aromatic rings. The van der Waals surface area contributed by atoms with Crippen molar-refractivity contribution in [2.75, 3.05) is 18.0 Å². The Balaban J connectivity index is 1.62. The molecule has 1 aliphatic rings. The van der Waals surface area contributed by atoms with Crippen molar-refractivity contribution < 1.29 is 9.18 Å². The summed E-state index contributed by atoms with van der Waals surface area (Å²) in [5.74, 6) is -0.559. The number of amides is 1. The van der Waals surface area contributed by atoms with Gasteiger partial charge in [-0.2, -0.15) is 10.4 Å². The Hall–Kier alpha value is -2.95. The molecule has 124 valence electrons. The molecule has 0 bridgehead atoms. The summed E-state index contributed by atoms with van der Waals surface area (Å²) in [5, 5.41) is 15.7. The Morgan fingerprint density at radius 3 is 3.08 bits per heavy atom. The van der Waals surface area contributed by atoms with Crippen LogP contribution in [-0.2, 0) is 11.3 Å². The third kappa shape index (κ3) is 3.68. The maximum Gasteiger partial charge on any atom is 0.242 e. The first-order valence-electron chi connectivity index (χ1n) is 7.72. The fourth-order valence-corrected chi connectivity index (χ4v) is 2.88. The van der Waals surface area contributed by atoms with Crippen molar-refractivity contribution >= 4 is 11.6 Å². The van der Waals surface area contributed by atoms with Gasteiger partial charge in [0.1, 0.15) is 25.0 Å². The van der Waals surface area contributed by atoms with E-state index in [9.17, 15) is 9.18 Å². The maximum atomic E-state index is 14.2. The SMILES string of the molecule is N#Cc1ccc(N2CCC[C@H](NC(=O)Cn3cncn3)C2)c(F)c1. The highest BCUT2D eigenvalue weighted by atomic mass is 19.1. The quantitative estimate of drug-likeness (QED) is 0.907. The van der Waals surface area contributed by atoms with Gasteiger partial charge in [0.15, 0.2) is 0 Å². The van der Waals surface area contributed by atoms with Gasteiger partial charge in [-0.3, -0.25) is 4.79 Å². The van der Waals surface area contributed by atoms with Crippen molar-refractivity contribution in [2.24, 2.45) is 0 Å².